The maximum absolute atomic E-state index is 12.5. The van der Waals surface area contributed by atoms with E-state index >= 15 is 0 Å². The summed E-state index contributed by atoms with van der Waals surface area (Å²) < 4.78 is 5.09. The Hall–Kier alpha value is -1.82. The minimum absolute atomic E-state index is 0.0316. The molecule has 1 aromatic heterocycles. The molecule has 3 atom stereocenters. The fourth-order valence-corrected chi connectivity index (χ4v) is 4.72. The van der Waals surface area contributed by atoms with Crippen LogP contribution in [0.15, 0.2) is 18.3 Å². The molecule has 3 unspecified atom stereocenters. The Morgan fingerprint density at radius 3 is 2.75 bits per heavy atom. The second-order valence-electron chi connectivity index (χ2n) is 7.28. The summed E-state index contributed by atoms with van der Waals surface area (Å²) in [4.78, 5) is 21.1. The summed E-state index contributed by atoms with van der Waals surface area (Å²) >= 11 is 0. The molecule has 0 radical (unpaired) electrons. The quantitative estimate of drug-likeness (QED) is 0.925. The van der Waals surface area contributed by atoms with Gasteiger partial charge in [0.05, 0.1) is 7.11 Å². The molecular weight excluding hydrogens is 304 g/mol. The largest absolute Gasteiger partial charge is 0.481 e. The highest BCUT2D eigenvalue weighted by Gasteiger charge is 2.42. The molecule has 24 heavy (non-hydrogen) atoms. The molecule has 3 aliphatic rings. The fourth-order valence-electron chi connectivity index (χ4n) is 4.72. The Morgan fingerprint density at radius 2 is 2.08 bits per heavy atom. The average Bonchev–Trinajstić information content (AvgIpc) is 3.25. The molecule has 1 aromatic rings. The van der Waals surface area contributed by atoms with Crippen molar-refractivity contribution in [1.82, 2.24) is 14.8 Å². The monoisotopic (exact) mass is 330 g/mol. The zero-order valence-corrected chi connectivity index (χ0v) is 14.3. The normalized spacial score (nSPS) is 29.7. The zero-order chi connectivity index (χ0) is 16.5. The molecule has 1 N–H and O–H groups in total. The van der Waals surface area contributed by atoms with Crippen molar-refractivity contribution in [2.45, 2.75) is 31.7 Å². The number of piperazine rings is 1. The van der Waals surface area contributed by atoms with Gasteiger partial charge >= 0.3 is 6.03 Å². The third kappa shape index (κ3) is 3.07. The first-order chi connectivity index (χ1) is 11.7. The molecule has 130 valence electrons. The van der Waals surface area contributed by atoms with Crippen molar-refractivity contribution in [3.8, 4) is 5.88 Å². The number of methoxy groups -OCH3 is 1. The molecule has 2 saturated carbocycles. The van der Waals surface area contributed by atoms with E-state index in [9.17, 15) is 4.79 Å². The Balaban J connectivity index is 1.29. The summed E-state index contributed by atoms with van der Waals surface area (Å²) in [6, 6.07) is 4.27. The number of anilines is 1. The number of amides is 2. The lowest BCUT2D eigenvalue weighted by Crippen LogP contribution is -2.53. The Labute approximate surface area is 143 Å². The van der Waals surface area contributed by atoms with Crippen LogP contribution < -0.4 is 10.1 Å². The van der Waals surface area contributed by atoms with Crippen LogP contribution >= 0.6 is 0 Å². The van der Waals surface area contributed by atoms with Crippen molar-refractivity contribution >= 4 is 11.7 Å². The topological polar surface area (TPSA) is 57.7 Å². The molecule has 0 spiro atoms. The van der Waals surface area contributed by atoms with Crippen molar-refractivity contribution in [2.75, 3.05) is 38.6 Å². The molecule has 2 heterocycles. The molecule has 1 aliphatic heterocycles. The molecule has 6 nitrogen and oxygen atoms in total. The second kappa shape index (κ2) is 6.59. The maximum Gasteiger partial charge on any atom is 0.321 e. The molecule has 1 saturated heterocycles. The lowest BCUT2D eigenvalue weighted by Gasteiger charge is -2.40. The van der Waals surface area contributed by atoms with Crippen LogP contribution in [-0.4, -0.2) is 60.1 Å². The number of rotatable bonds is 3. The summed E-state index contributed by atoms with van der Waals surface area (Å²) in [6.07, 6.45) is 7.32. The van der Waals surface area contributed by atoms with Gasteiger partial charge < -0.3 is 15.0 Å². The first-order valence-corrected chi connectivity index (χ1v) is 9.03. The van der Waals surface area contributed by atoms with Crippen LogP contribution in [0.3, 0.4) is 0 Å². The number of ether oxygens (including phenoxy) is 1. The molecule has 0 aromatic carbocycles. The zero-order valence-electron chi connectivity index (χ0n) is 14.3. The first-order valence-electron chi connectivity index (χ1n) is 9.03. The number of nitrogens with zero attached hydrogens (tertiary/aromatic N) is 3. The van der Waals surface area contributed by atoms with Gasteiger partial charge in [-0.1, -0.05) is 6.42 Å². The van der Waals surface area contributed by atoms with Crippen LogP contribution in [0.25, 0.3) is 0 Å². The van der Waals surface area contributed by atoms with Gasteiger partial charge in [-0.3, -0.25) is 4.90 Å². The van der Waals surface area contributed by atoms with Crippen molar-refractivity contribution in [3.05, 3.63) is 18.3 Å². The molecule has 2 bridgehead atoms. The van der Waals surface area contributed by atoms with E-state index in [1.807, 2.05) is 4.90 Å². The molecule has 4 rings (SSSR count). The highest BCUT2D eigenvalue weighted by molar-refractivity contribution is 5.89. The summed E-state index contributed by atoms with van der Waals surface area (Å²) in [5, 5.41) is 2.95. The van der Waals surface area contributed by atoms with E-state index in [2.05, 4.69) is 15.2 Å². The van der Waals surface area contributed by atoms with Gasteiger partial charge in [0.2, 0.25) is 5.88 Å². The van der Waals surface area contributed by atoms with Crippen molar-refractivity contribution < 1.29 is 9.53 Å². The number of aromatic nitrogens is 1. The van der Waals surface area contributed by atoms with E-state index in [4.69, 9.17) is 4.74 Å². The third-order valence-electron chi connectivity index (χ3n) is 5.97. The minimum atomic E-state index is -0.0316. The van der Waals surface area contributed by atoms with Gasteiger partial charge in [0, 0.05) is 50.2 Å². The van der Waals surface area contributed by atoms with Crippen molar-refractivity contribution in [1.29, 1.82) is 0 Å². The summed E-state index contributed by atoms with van der Waals surface area (Å²) in [7, 11) is 1.57. The highest BCUT2D eigenvalue weighted by atomic mass is 16.5. The van der Waals surface area contributed by atoms with Gasteiger partial charge in [-0.05, 0) is 37.2 Å². The van der Waals surface area contributed by atoms with Gasteiger partial charge in [-0.25, -0.2) is 9.78 Å². The number of carbonyl (C=O) groups is 1. The number of nitrogens with one attached hydrogen (secondary N) is 1. The van der Waals surface area contributed by atoms with Gasteiger partial charge in [-0.2, -0.15) is 0 Å². The van der Waals surface area contributed by atoms with Crippen LogP contribution in [0.2, 0.25) is 0 Å². The predicted molar refractivity (Wildman–Crippen MR) is 92.2 cm³/mol. The van der Waals surface area contributed by atoms with E-state index < -0.39 is 0 Å². The number of pyridine rings is 1. The van der Waals surface area contributed by atoms with Crippen LogP contribution in [0, 0.1) is 11.8 Å². The maximum atomic E-state index is 12.5. The molecule has 6 heteroatoms. The van der Waals surface area contributed by atoms with Crippen LogP contribution in [-0.2, 0) is 0 Å². The Morgan fingerprint density at radius 1 is 1.25 bits per heavy atom. The second-order valence-corrected chi connectivity index (χ2v) is 7.28. The third-order valence-corrected chi connectivity index (χ3v) is 5.97. The summed E-state index contributed by atoms with van der Waals surface area (Å²) in [5.41, 5.74) is 0.724. The first kappa shape index (κ1) is 15.7. The smallest absolute Gasteiger partial charge is 0.321 e. The fraction of sp³-hybridized carbons (Fsp3) is 0.667. The van der Waals surface area contributed by atoms with E-state index in [0.717, 1.165) is 49.7 Å². The van der Waals surface area contributed by atoms with Crippen molar-refractivity contribution in [2.24, 2.45) is 11.8 Å². The number of fused-ring (bicyclic) bond motifs is 2. The summed E-state index contributed by atoms with van der Waals surface area (Å²) in [6.45, 7) is 3.62. The number of hydrogen-bond acceptors (Lipinski definition) is 4. The van der Waals surface area contributed by atoms with Gasteiger partial charge in [0.1, 0.15) is 0 Å². The molecule has 2 amide bonds. The van der Waals surface area contributed by atoms with Gasteiger partial charge in [-0.15, -0.1) is 0 Å². The Bertz CT molecular complexity index is 600. The van der Waals surface area contributed by atoms with Gasteiger partial charge in [0.15, 0.2) is 0 Å². The van der Waals surface area contributed by atoms with Crippen LogP contribution in [0.5, 0.6) is 5.88 Å². The lowest BCUT2D eigenvalue weighted by atomic mass is 9.93. The molecule has 3 fully saturated rings. The SMILES string of the molecule is COc1cc(NC(=O)N2CCN(C3CC4CCC3C4)CC2)ccn1. The highest BCUT2D eigenvalue weighted by Crippen LogP contribution is 2.46. The number of hydrogen-bond donors (Lipinski definition) is 1. The van der Waals surface area contributed by atoms with Crippen molar-refractivity contribution in [3.63, 3.8) is 0 Å². The van der Waals surface area contributed by atoms with Gasteiger partial charge in [0.25, 0.3) is 0 Å². The average molecular weight is 330 g/mol. The Kier molecular flexibility index (Phi) is 4.31. The summed E-state index contributed by atoms with van der Waals surface area (Å²) in [5.74, 6) is 2.40. The van der Waals surface area contributed by atoms with E-state index in [1.54, 1.807) is 25.4 Å². The van der Waals surface area contributed by atoms with E-state index in [1.165, 1.54) is 25.7 Å². The predicted octanol–water partition coefficient (Wildman–Crippen LogP) is 2.43. The van der Waals surface area contributed by atoms with Crippen LogP contribution in [0.4, 0.5) is 10.5 Å². The van der Waals surface area contributed by atoms with Crippen LogP contribution in [0.1, 0.15) is 25.7 Å². The minimum Gasteiger partial charge on any atom is -0.481 e. The molecule has 2 aliphatic carbocycles. The van der Waals surface area contributed by atoms with E-state index in [0.29, 0.717) is 5.88 Å². The number of carbonyl (C=O) groups excluding carboxylic acids is 1. The number of urea groups is 1. The van der Waals surface area contributed by atoms with E-state index in [-0.39, 0.29) is 6.03 Å². The lowest BCUT2D eigenvalue weighted by molar-refractivity contribution is 0.0860. The molecular formula is C18H26N4O2. The standard InChI is InChI=1S/C18H26N4O2/c1-24-17-12-15(4-5-19-17)20-18(23)22-8-6-21(7-9-22)16-11-13-2-3-14(16)10-13/h4-5,12-14,16H,2-3,6-11H2,1H3,(H,19,20,23).